The minimum atomic E-state index is -1.15. The van der Waals surface area contributed by atoms with Crippen molar-refractivity contribution in [2.24, 2.45) is 28.2 Å². The van der Waals surface area contributed by atoms with Gasteiger partial charge in [0.1, 0.15) is 36.6 Å². The van der Waals surface area contributed by atoms with E-state index in [4.69, 9.17) is 30.3 Å². The predicted octanol–water partition coefficient (Wildman–Crippen LogP) is 9.75. The van der Waals surface area contributed by atoms with Crippen LogP contribution >= 0.6 is 0 Å². The number of imide groups is 1. The van der Waals surface area contributed by atoms with E-state index >= 15 is 4.39 Å². The number of morpholine rings is 2. The number of ether oxygens (including phenoxy) is 2. The van der Waals surface area contributed by atoms with Crippen molar-refractivity contribution in [3.63, 3.8) is 0 Å². The van der Waals surface area contributed by atoms with E-state index < -0.39 is 83.4 Å². The highest BCUT2D eigenvalue weighted by Crippen LogP contribution is 2.42. The first-order valence-electron chi connectivity index (χ1n) is 31.4. The number of carbonyl (C=O) groups is 4. The molecule has 512 valence electrons. The van der Waals surface area contributed by atoms with Crippen molar-refractivity contribution in [3.8, 4) is 22.8 Å². The Morgan fingerprint density at radius 1 is 0.568 bits per heavy atom. The van der Waals surface area contributed by atoms with Gasteiger partial charge < -0.3 is 39.9 Å². The van der Waals surface area contributed by atoms with Gasteiger partial charge in [-0.2, -0.15) is 10.2 Å². The first-order valence-corrected chi connectivity index (χ1v) is 31.4. The van der Waals surface area contributed by atoms with Crippen LogP contribution in [0.25, 0.3) is 22.8 Å². The van der Waals surface area contributed by atoms with E-state index in [1.165, 1.54) is 12.1 Å². The van der Waals surface area contributed by atoms with E-state index in [0.717, 1.165) is 52.4 Å². The molecule has 7 aromatic rings. The molecule has 0 spiro atoms. The zero-order chi connectivity index (χ0) is 69.1. The number of aliphatic hydroxyl groups excluding tert-OH is 1. The third kappa shape index (κ3) is 18.7. The second-order valence-electron chi connectivity index (χ2n) is 25.0. The van der Waals surface area contributed by atoms with E-state index in [1.54, 1.807) is 48.0 Å². The number of hydrazine groups is 1. The standard InChI is InChI=1S/C37H39F3N6O4.C29H37F3N6O2.C2H6O.H4N2/c1-37(2,3)31(33-41-32(29-21-25(39)13-14-30(29)40)42-45(33)23-24-9-5-4-6-10-24)44(36(49)43-17-19-50-20-18-43)16-15-26(22-38)46-34(47)27-11-7-8-12-28(27)35(46)48;1-29(2,3)25(37(12-11-22(33)18-30)28(39)36-13-15-40-16-14-36)27-34-26(23-17-21(31)9-10-24(23)32)35-38(27)19-20-7-5-4-6-8-20;1-2-3;1-2/h4-14,21,26,31H,15-20,22-23H2,1-3H3;4-10,17,22,25H,11-16,18-19,33H2,1-3H3;3H,2H2,1H3;1-2H2/t26-,31-;22-,25-;;/m00../s1. The molecule has 6 amide bonds. The molecule has 7 N–H and O–H groups in total. The summed E-state index contributed by atoms with van der Waals surface area (Å²) in [6.45, 7) is 15.4. The number of hydrogen-bond donors (Lipinski definition) is 4. The lowest BCUT2D eigenvalue weighted by Gasteiger charge is -2.43. The van der Waals surface area contributed by atoms with Crippen molar-refractivity contribution in [2.75, 3.05) is 85.7 Å². The molecule has 95 heavy (non-hydrogen) atoms. The van der Waals surface area contributed by atoms with Crippen LogP contribution < -0.4 is 17.4 Å². The number of aromatic nitrogens is 6. The molecular weight excluding hydrogens is 1240 g/mol. The Hall–Kier alpha value is -8.60. The van der Waals surface area contributed by atoms with Crippen LogP contribution in [0.1, 0.15) is 117 Å². The molecule has 2 aromatic heterocycles. The molecule has 2 fully saturated rings. The zero-order valence-corrected chi connectivity index (χ0v) is 54.7. The van der Waals surface area contributed by atoms with Crippen molar-refractivity contribution < 1.29 is 60.1 Å². The molecule has 0 unspecified atom stereocenters. The number of fused-ring (bicyclic) bond motifs is 1. The molecule has 0 bridgehead atoms. The van der Waals surface area contributed by atoms with Crippen LogP contribution in [0, 0.1) is 34.1 Å². The molecule has 21 nitrogen and oxygen atoms in total. The summed E-state index contributed by atoms with van der Waals surface area (Å²) in [5, 5.41) is 16.8. The highest BCUT2D eigenvalue weighted by Gasteiger charge is 2.45. The molecular formula is C68H86F6N14O7. The number of halogens is 6. The van der Waals surface area contributed by atoms with Gasteiger partial charge in [0.25, 0.3) is 11.8 Å². The molecule has 10 rings (SSSR count). The fourth-order valence-corrected chi connectivity index (χ4v) is 11.4. The number of rotatable bonds is 19. The van der Waals surface area contributed by atoms with Gasteiger partial charge in [0, 0.05) is 51.9 Å². The molecule has 3 aliphatic heterocycles. The summed E-state index contributed by atoms with van der Waals surface area (Å²) in [6.07, 6.45) is 0.167. The van der Waals surface area contributed by atoms with Crippen LogP contribution in [0.5, 0.6) is 0 Å². The topological polar surface area (TPSA) is 263 Å². The van der Waals surface area contributed by atoms with Gasteiger partial charge in [0.05, 0.1) is 79.9 Å². The Bertz CT molecular complexity index is 3600. The number of carbonyl (C=O) groups excluding carboxylic acids is 4. The van der Waals surface area contributed by atoms with E-state index in [-0.39, 0.29) is 91.6 Å². The minimum absolute atomic E-state index is 0.0106. The van der Waals surface area contributed by atoms with Crippen molar-refractivity contribution in [1.82, 2.24) is 54.0 Å². The lowest BCUT2D eigenvalue weighted by atomic mass is 9.84. The highest BCUT2D eigenvalue weighted by atomic mass is 19.1. The fraction of sp³-hybridized carbons (Fsp3) is 0.441. The molecule has 27 heteroatoms. The number of aliphatic hydroxyl groups is 1. The van der Waals surface area contributed by atoms with E-state index in [0.29, 0.717) is 64.3 Å². The Labute approximate surface area is 549 Å². The maximum atomic E-state index is 15.1. The van der Waals surface area contributed by atoms with Gasteiger partial charge in [0.15, 0.2) is 23.3 Å². The molecule has 3 aliphatic rings. The summed E-state index contributed by atoms with van der Waals surface area (Å²) in [6, 6.07) is 27.5. The van der Waals surface area contributed by atoms with Gasteiger partial charge >= 0.3 is 12.1 Å². The monoisotopic (exact) mass is 1320 g/mol. The van der Waals surface area contributed by atoms with E-state index in [9.17, 15) is 41.1 Å². The summed E-state index contributed by atoms with van der Waals surface area (Å²) in [5.74, 6) is 4.84. The maximum Gasteiger partial charge on any atom is 0.320 e. The molecule has 0 radical (unpaired) electrons. The molecule has 5 heterocycles. The lowest BCUT2D eigenvalue weighted by Crippen LogP contribution is -2.53. The van der Waals surface area contributed by atoms with Gasteiger partial charge in [0.2, 0.25) is 0 Å². The third-order valence-corrected chi connectivity index (χ3v) is 15.9. The summed E-state index contributed by atoms with van der Waals surface area (Å²) >= 11 is 0. The molecule has 0 aliphatic carbocycles. The van der Waals surface area contributed by atoms with Crippen molar-refractivity contribution in [3.05, 3.63) is 178 Å². The van der Waals surface area contributed by atoms with Crippen LogP contribution in [0.3, 0.4) is 0 Å². The predicted molar refractivity (Wildman–Crippen MR) is 346 cm³/mol. The van der Waals surface area contributed by atoms with Crippen LogP contribution in [0.2, 0.25) is 0 Å². The number of benzene rings is 5. The minimum Gasteiger partial charge on any atom is -0.397 e. The van der Waals surface area contributed by atoms with E-state index in [1.807, 2.05) is 102 Å². The van der Waals surface area contributed by atoms with E-state index in [2.05, 4.69) is 21.9 Å². The number of urea groups is 2. The number of nitrogens with two attached hydrogens (primary N) is 3. The number of alkyl halides is 2. The van der Waals surface area contributed by atoms with Gasteiger partial charge in [-0.25, -0.2) is 55.3 Å². The van der Waals surface area contributed by atoms with Crippen LogP contribution in [-0.4, -0.2) is 181 Å². The SMILES string of the molecule is CC(C)(C)[C@H](c1nc(-c2cc(F)ccc2F)nn1Cc1ccccc1)N(CC[C@@H](CF)N1C(=O)c2ccccc2C1=O)C(=O)N1CCOCC1.CC(C)(C)[C@H](c1nc(-c2cc(F)ccc2F)nn1Cc1ccccc1)N(CC[C@H](N)CF)C(=O)N1CCOCC1.CCO.NN. The summed E-state index contributed by atoms with van der Waals surface area (Å²) in [7, 11) is 0. The molecule has 5 aromatic carbocycles. The van der Waals surface area contributed by atoms with Crippen LogP contribution in [-0.2, 0) is 22.6 Å². The Balaban J connectivity index is 0.000000257. The summed E-state index contributed by atoms with van der Waals surface area (Å²) in [5.41, 5.74) is 6.58. The number of nitrogens with zero attached hydrogens (tertiary/aromatic N) is 11. The second kappa shape index (κ2) is 34.2. The first kappa shape index (κ1) is 73.8. The average Bonchev–Trinajstić information content (AvgIpc) is 1.70. The summed E-state index contributed by atoms with van der Waals surface area (Å²) in [4.78, 5) is 72.2. The quantitative estimate of drug-likeness (QED) is 0.0254. The van der Waals surface area contributed by atoms with Crippen molar-refractivity contribution in [1.29, 1.82) is 0 Å². The highest BCUT2D eigenvalue weighted by molar-refractivity contribution is 6.21. The Morgan fingerprint density at radius 3 is 1.29 bits per heavy atom. The smallest absolute Gasteiger partial charge is 0.320 e. The van der Waals surface area contributed by atoms with Crippen molar-refractivity contribution >= 4 is 23.9 Å². The van der Waals surface area contributed by atoms with Gasteiger partial charge in [-0.1, -0.05) is 114 Å². The van der Waals surface area contributed by atoms with Crippen molar-refractivity contribution in [2.45, 2.75) is 98.6 Å². The summed E-state index contributed by atoms with van der Waals surface area (Å²) < 4.78 is 101. The Kier molecular flexibility index (Phi) is 26.6. The average molecular weight is 1330 g/mol. The van der Waals surface area contributed by atoms with Gasteiger partial charge in [-0.15, -0.1) is 0 Å². The zero-order valence-electron chi connectivity index (χ0n) is 54.7. The number of hydrogen-bond acceptors (Lipinski definition) is 14. The second-order valence-corrected chi connectivity index (χ2v) is 25.0. The molecule has 2 saturated heterocycles. The molecule has 4 atom stereocenters. The third-order valence-electron chi connectivity index (χ3n) is 15.9. The Morgan fingerprint density at radius 2 is 0.937 bits per heavy atom. The number of amides is 6. The normalized spacial score (nSPS) is 15.3. The van der Waals surface area contributed by atoms with Crippen LogP contribution in [0.4, 0.5) is 35.9 Å². The molecule has 0 saturated carbocycles. The van der Waals surface area contributed by atoms with Gasteiger partial charge in [-0.3, -0.25) is 26.2 Å². The maximum absolute atomic E-state index is 15.1. The fourth-order valence-electron chi connectivity index (χ4n) is 11.4. The van der Waals surface area contributed by atoms with Crippen LogP contribution in [0.15, 0.2) is 121 Å². The first-order chi connectivity index (χ1) is 45.5. The van der Waals surface area contributed by atoms with Gasteiger partial charge in [-0.05, 0) is 90.3 Å². The largest absolute Gasteiger partial charge is 0.397 e. The lowest BCUT2D eigenvalue weighted by molar-refractivity contribution is 0.0252.